The van der Waals surface area contributed by atoms with Gasteiger partial charge in [-0.1, -0.05) is 56.3 Å². The van der Waals surface area contributed by atoms with Crippen LogP contribution in [0.2, 0.25) is 10.0 Å². The summed E-state index contributed by atoms with van der Waals surface area (Å²) in [4.78, 5) is 12.5. The van der Waals surface area contributed by atoms with Crippen LogP contribution in [0.25, 0.3) is 0 Å². The molecule has 0 aromatic heterocycles. The van der Waals surface area contributed by atoms with Crippen molar-refractivity contribution in [1.82, 2.24) is 9.62 Å². The van der Waals surface area contributed by atoms with Crippen molar-refractivity contribution in [1.29, 1.82) is 0 Å². The molecule has 1 aromatic rings. The topological polar surface area (TPSA) is 66.5 Å². The Kier molecular flexibility index (Phi) is 9.06. The molecule has 28 heavy (non-hydrogen) atoms. The molecule has 0 radical (unpaired) electrons. The highest BCUT2D eigenvalue weighted by Gasteiger charge is 2.33. The molecule has 1 saturated heterocycles. The van der Waals surface area contributed by atoms with Gasteiger partial charge in [-0.25, -0.2) is 8.42 Å². The van der Waals surface area contributed by atoms with E-state index in [1.54, 1.807) is 6.07 Å². The quantitative estimate of drug-likeness (QED) is 0.593. The number of nitrogens with zero attached hydrogens (tertiary/aromatic N) is 1. The molecule has 2 rings (SSSR count). The number of unbranched alkanes of at least 4 members (excludes halogenated alkanes) is 1. The van der Waals surface area contributed by atoms with E-state index in [2.05, 4.69) is 19.2 Å². The molecule has 1 unspecified atom stereocenters. The second-order valence-corrected chi connectivity index (χ2v) is 10.2. The summed E-state index contributed by atoms with van der Waals surface area (Å²) in [6.07, 6.45) is 5.54. The average Bonchev–Trinajstić information content (AvgIpc) is 2.69. The van der Waals surface area contributed by atoms with Gasteiger partial charge < -0.3 is 5.32 Å². The van der Waals surface area contributed by atoms with E-state index in [0.29, 0.717) is 43.4 Å². The molecular formula is C20H30Cl2N2O3S. The molecule has 0 bridgehead atoms. The van der Waals surface area contributed by atoms with E-state index in [-0.39, 0.29) is 21.7 Å². The first kappa shape index (κ1) is 23.5. The lowest BCUT2D eigenvalue weighted by atomic mass is 9.95. The third-order valence-corrected chi connectivity index (χ3v) is 8.06. The molecule has 0 saturated carbocycles. The van der Waals surface area contributed by atoms with Gasteiger partial charge in [-0.15, -0.1) is 0 Å². The lowest BCUT2D eigenvalue weighted by Crippen LogP contribution is -2.43. The molecule has 1 N–H and O–H groups in total. The van der Waals surface area contributed by atoms with Crippen molar-refractivity contribution in [2.75, 3.05) is 19.6 Å². The van der Waals surface area contributed by atoms with E-state index in [9.17, 15) is 13.2 Å². The van der Waals surface area contributed by atoms with Gasteiger partial charge in [-0.2, -0.15) is 4.31 Å². The van der Waals surface area contributed by atoms with Gasteiger partial charge in [0.1, 0.15) is 4.90 Å². The first-order chi connectivity index (χ1) is 13.3. The van der Waals surface area contributed by atoms with Gasteiger partial charge in [-0.05, 0) is 43.4 Å². The van der Waals surface area contributed by atoms with Crippen LogP contribution in [0.3, 0.4) is 0 Å². The number of carbonyl (C=O) groups is 1. The first-order valence-electron chi connectivity index (χ1n) is 10.0. The number of halogens is 2. The number of piperidine rings is 1. The van der Waals surface area contributed by atoms with Crippen LogP contribution in [0.5, 0.6) is 0 Å². The molecule has 5 nitrogen and oxygen atoms in total. The number of nitrogens with one attached hydrogen (secondary N) is 1. The minimum atomic E-state index is -3.72. The molecule has 1 heterocycles. The van der Waals surface area contributed by atoms with Crippen LogP contribution in [0.15, 0.2) is 23.1 Å². The van der Waals surface area contributed by atoms with E-state index >= 15 is 0 Å². The van der Waals surface area contributed by atoms with Crippen LogP contribution >= 0.6 is 23.2 Å². The maximum absolute atomic E-state index is 12.9. The summed E-state index contributed by atoms with van der Waals surface area (Å²) >= 11 is 12.0. The molecule has 1 aromatic carbocycles. The summed E-state index contributed by atoms with van der Waals surface area (Å²) in [5, 5.41) is 3.55. The Morgan fingerprint density at radius 2 is 1.93 bits per heavy atom. The Morgan fingerprint density at radius 1 is 1.25 bits per heavy atom. The number of amides is 1. The van der Waals surface area contributed by atoms with Gasteiger partial charge in [0, 0.05) is 30.6 Å². The number of rotatable bonds is 9. The van der Waals surface area contributed by atoms with Crippen molar-refractivity contribution in [3.8, 4) is 0 Å². The van der Waals surface area contributed by atoms with Crippen molar-refractivity contribution in [3.05, 3.63) is 28.2 Å². The van der Waals surface area contributed by atoms with Crippen LogP contribution in [0, 0.1) is 11.8 Å². The summed E-state index contributed by atoms with van der Waals surface area (Å²) in [7, 11) is -3.72. The molecule has 158 valence electrons. The van der Waals surface area contributed by atoms with Crippen molar-refractivity contribution < 1.29 is 13.2 Å². The van der Waals surface area contributed by atoms with E-state index in [1.165, 1.54) is 22.9 Å². The van der Waals surface area contributed by atoms with Gasteiger partial charge in [0.25, 0.3) is 0 Å². The number of hydrogen-bond donors (Lipinski definition) is 1. The summed E-state index contributed by atoms with van der Waals surface area (Å²) in [6, 6.07) is 4.42. The molecule has 1 fully saturated rings. The highest BCUT2D eigenvalue weighted by Crippen LogP contribution is 2.30. The predicted octanol–water partition coefficient (Wildman–Crippen LogP) is 4.73. The normalized spacial score (nSPS) is 17.4. The number of sulfonamides is 1. The van der Waals surface area contributed by atoms with Crippen molar-refractivity contribution in [3.63, 3.8) is 0 Å². The van der Waals surface area contributed by atoms with Crippen LogP contribution in [0.4, 0.5) is 0 Å². The Hall–Kier alpha value is -0.820. The van der Waals surface area contributed by atoms with Gasteiger partial charge in [0.2, 0.25) is 15.9 Å². The van der Waals surface area contributed by atoms with Gasteiger partial charge >= 0.3 is 0 Å². The fourth-order valence-electron chi connectivity index (χ4n) is 3.50. The van der Waals surface area contributed by atoms with Crippen LogP contribution < -0.4 is 5.32 Å². The summed E-state index contributed by atoms with van der Waals surface area (Å²) in [5.41, 5.74) is 0. The Morgan fingerprint density at radius 3 is 2.54 bits per heavy atom. The molecule has 0 aliphatic carbocycles. The van der Waals surface area contributed by atoms with Crippen molar-refractivity contribution in [2.45, 2.75) is 57.3 Å². The highest BCUT2D eigenvalue weighted by molar-refractivity contribution is 7.89. The molecule has 1 amide bonds. The average molecular weight is 449 g/mol. The minimum Gasteiger partial charge on any atom is -0.356 e. The summed E-state index contributed by atoms with van der Waals surface area (Å²) in [6.45, 7) is 5.62. The lowest BCUT2D eigenvalue weighted by molar-refractivity contribution is -0.126. The van der Waals surface area contributed by atoms with E-state index in [4.69, 9.17) is 23.2 Å². The number of carbonyl (C=O) groups excluding carboxylic acids is 1. The Labute approximate surface area is 178 Å². The molecule has 0 spiro atoms. The smallest absolute Gasteiger partial charge is 0.244 e. The SMILES string of the molecule is CCCCC(CC)CNC(=O)C1CCN(S(=O)(=O)c2cc(Cl)ccc2Cl)CC1. The molecular weight excluding hydrogens is 419 g/mol. The number of benzene rings is 1. The third-order valence-electron chi connectivity index (χ3n) is 5.44. The van der Waals surface area contributed by atoms with Crippen LogP contribution in [-0.4, -0.2) is 38.3 Å². The third kappa shape index (κ3) is 6.09. The first-order valence-corrected chi connectivity index (χ1v) is 12.2. The molecule has 8 heteroatoms. The largest absolute Gasteiger partial charge is 0.356 e. The fourth-order valence-corrected chi connectivity index (χ4v) is 5.71. The monoisotopic (exact) mass is 448 g/mol. The van der Waals surface area contributed by atoms with E-state index in [0.717, 1.165) is 19.3 Å². The zero-order valence-electron chi connectivity index (χ0n) is 16.6. The fraction of sp³-hybridized carbons (Fsp3) is 0.650. The lowest BCUT2D eigenvalue weighted by Gasteiger charge is -2.31. The Balaban J connectivity index is 1.91. The van der Waals surface area contributed by atoms with Gasteiger partial charge in [0.05, 0.1) is 5.02 Å². The molecule has 1 aliphatic rings. The zero-order chi connectivity index (χ0) is 20.7. The van der Waals surface area contributed by atoms with Crippen LogP contribution in [0.1, 0.15) is 52.4 Å². The van der Waals surface area contributed by atoms with Gasteiger partial charge in [0.15, 0.2) is 0 Å². The standard InChI is InChI=1S/C20H30Cl2N2O3S/c1-3-5-6-15(4-2)14-23-20(25)16-9-11-24(12-10-16)28(26,27)19-13-17(21)7-8-18(19)22/h7-8,13,15-16H,3-6,9-12,14H2,1-2H3,(H,23,25). The molecule has 1 atom stereocenters. The number of hydrogen-bond acceptors (Lipinski definition) is 3. The maximum Gasteiger partial charge on any atom is 0.244 e. The van der Waals surface area contributed by atoms with Gasteiger partial charge in [-0.3, -0.25) is 4.79 Å². The van der Waals surface area contributed by atoms with Crippen LogP contribution in [-0.2, 0) is 14.8 Å². The predicted molar refractivity (Wildman–Crippen MR) is 114 cm³/mol. The van der Waals surface area contributed by atoms with Crippen molar-refractivity contribution >= 4 is 39.1 Å². The minimum absolute atomic E-state index is 0.0197. The molecule has 1 aliphatic heterocycles. The maximum atomic E-state index is 12.9. The summed E-state index contributed by atoms with van der Waals surface area (Å²) < 4.78 is 27.1. The Bertz CT molecular complexity index is 763. The highest BCUT2D eigenvalue weighted by atomic mass is 35.5. The second-order valence-electron chi connectivity index (χ2n) is 7.41. The second kappa shape index (κ2) is 10.8. The summed E-state index contributed by atoms with van der Waals surface area (Å²) in [5.74, 6) is 0.395. The van der Waals surface area contributed by atoms with E-state index < -0.39 is 10.0 Å². The van der Waals surface area contributed by atoms with E-state index in [1.807, 2.05) is 0 Å². The zero-order valence-corrected chi connectivity index (χ0v) is 18.9. The van der Waals surface area contributed by atoms with Crippen molar-refractivity contribution in [2.24, 2.45) is 11.8 Å².